The number of benzene rings is 1. The summed E-state index contributed by atoms with van der Waals surface area (Å²) in [6.45, 7) is 4.04. The first kappa shape index (κ1) is 23.3. The number of furan rings is 1. The van der Waals surface area contributed by atoms with E-state index >= 15 is 0 Å². The lowest BCUT2D eigenvalue weighted by Crippen LogP contribution is -2.32. The van der Waals surface area contributed by atoms with Gasteiger partial charge in [-0.1, -0.05) is 26.0 Å². The Morgan fingerprint density at radius 1 is 1.15 bits per heavy atom. The van der Waals surface area contributed by atoms with Crippen molar-refractivity contribution in [3.8, 4) is 17.0 Å². The monoisotopic (exact) mass is 462 g/mol. The van der Waals surface area contributed by atoms with Gasteiger partial charge in [0, 0.05) is 36.0 Å². The highest BCUT2D eigenvalue weighted by atomic mass is 16.5. The Morgan fingerprint density at radius 3 is 2.56 bits per heavy atom. The number of anilines is 1. The smallest absolute Gasteiger partial charge is 0.294 e. The second-order valence-corrected chi connectivity index (χ2v) is 8.16. The van der Waals surface area contributed by atoms with Crippen molar-refractivity contribution in [2.45, 2.75) is 19.9 Å². The zero-order valence-electron chi connectivity index (χ0n) is 19.2. The first-order chi connectivity index (χ1) is 16.4. The van der Waals surface area contributed by atoms with E-state index in [1.54, 1.807) is 63.9 Å². The molecule has 0 bridgehead atoms. The SMILES string of the molecule is COCCOc1ncccc1C1C(C(=O)C(C)C)=C(O)C(=O)N1c1ccc(-c2ccoc2)cc1. The number of ether oxygens (including phenoxy) is 2. The lowest BCUT2D eigenvalue weighted by molar-refractivity contribution is -0.119. The summed E-state index contributed by atoms with van der Waals surface area (Å²) >= 11 is 0. The van der Waals surface area contributed by atoms with Crippen molar-refractivity contribution in [2.24, 2.45) is 5.92 Å². The Kier molecular flexibility index (Phi) is 6.79. The van der Waals surface area contributed by atoms with E-state index in [2.05, 4.69) is 4.98 Å². The van der Waals surface area contributed by atoms with Gasteiger partial charge in [-0.05, 0) is 35.9 Å². The quantitative estimate of drug-likeness (QED) is 0.467. The van der Waals surface area contributed by atoms with Crippen molar-refractivity contribution in [1.82, 2.24) is 4.98 Å². The average molecular weight is 463 g/mol. The van der Waals surface area contributed by atoms with Gasteiger partial charge in [0.1, 0.15) is 12.6 Å². The van der Waals surface area contributed by atoms with Gasteiger partial charge in [0.2, 0.25) is 5.88 Å². The number of ketones is 1. The molecule has 0 aliphatic carbocycles. The van der Waals surface area contributed by atoms with Crippen LogP contribution in [0.25, 0.3) is 11.1 Å². The minimum absolute atomic E-state index is 0.0310. The third kappa shape index (κ3) is 4.32. The second-order valence-electron chi connectivity index (χ2n) is 8.16. The first-order valence-corrected chi connectivity index (χ1v) is 10.9. The molecule has 0 fully saturated rings. The van der Waals surface area contributed by atoms with Crippen molar-refractivity contribution in [2.75, 3.05) is 25.2 Å². The van der Waals surface area contributed by atoms with E-state index in [1.807, 2.05) is 18.2 Å². The number of Topliss-reactive ketones (excluding diaryl/α,β-unsaturated/α-hetero) is 1. The van der Waals surface area contributed by atoms with Gasteiger partial charge >= 0.3 is 0 Å². The Morgan fingerprint density at radius 2 is 1.91 bits per heavy atom. The van der Waals surface area contributed by atoms with Crippen LogP contribution in [0.15, 0.2) is 76.9 Å². The van der Waals surface area contributed by atoms with Crippen LogP contribution in [0.2, 0.25) is 0 Å². The lowest BCUT2D eigenvalue weighted by Gasteiger charge is -2.28. The second kappa shape index (κ2) is 9.93. The highest BCUT2D eigenvalue weighted by Crippen LogP contribution is 2.44. The predicted molar refractivity (Wildman–Crippen MR) is 125 cm³/mol. The van der Waals surface area contributed by atoms with Crippen LogP contribution >= 0.6 is 0 Å². The molecule has 8 nitrogen and oxygen atoms in total. The van der Waals surface area contributed by atoms with Gasteiger partial charge < -0.3 is 19.0 Å². The molecule has 1 unspecified atom stereocenters. The number of hydrogen-bond donors (Lipinski definition) is 1. The number of aliphatic hydroxyl groups is 1. The van der Waals surface area contributed by atoms with Gasteiger partial charge in [-0.15, -0.1) is 0 Å². The number of hydrogen-bond acceptors (Lipinski definition) is 7. The summed E-state index contributed by atoms with van der Waals surface area (Å²) in [4.78, 5) is 32.2. The van der Waals surface area contributed by atoms with Crippen molar-refractivity contribution in [3.63, 3.8) is 0 Å². The zero-order valence-corrected chi connectivity index (χ0v) is 19.2. The van der Waals surface area contributed by atoms with Crippen LogP contribution in [0, 0.1) is 5.92 Å². The average Bonchev–Trinajstić information content (AvgIpc) is 3.47. The van der Waals surface area contributed by atoms with Crippen LogP contribution < -0.4 is 9.64 Å². The van der Waals surface area contributed by atoms with Crippen LogP contribution in [0.5, 0.6) is 5.88 Å². The van der Waals surface area contributed by atoms with Gasteiger partial charge in [0.25, 0.3) is 5.91 Å². The molecule has 3 aromatic rings. The lowest BCUT2D eigenvalue weighted by atomic mass is 9.91. The number of nitrogens with zero attached hydrogens (tertiary/aromatic N) is 2. The number of aromatic nitrogens is 1. The van der Waals surface area contributed by atoms with Crippen LogP contribution in [-0.2, 0) is 14.3 Å². The molecule has 1 amide bonds. The minimum atomic E-state index is -0.895. The molecule has 1 aliphatic heterocycles. The number of carbonyl (C=O) groups excluding carboxylic acids is 2. The maximum Gasteiger partial charge on any atom is 0.294 e. The predicted octanol–water partition coefficient (Wildman–Crippen LogP) is 4.49. The van der Waals surface area contributed by atoms with Gasteiger partial charge in [-0.3, -0.25) is 14.5 Å². The highest BCUT2D eigenvalue weighted by Gasteiger charge is 2.46. The molecule has 2 aromatic heterocycles. The Balaban J connectivity index is 1.80. The molecule has 0 saturated heterocycles. The van der Waals surface area contributed by atoms with E-state index in [9.17, 15) is 14.7 Å². The molecule has 34 heavy (non-hydrogen) atoms. The number of pyridine rings is 1. The van der Waals surface area contributed by atoms with Crippen LogP contribution in [0.4, 0.5) is 5.69 Å². The third-order valence-electron chi connectivity index (χ3n) is 5.62. The van der Waals surface area contributed by atoms with Gasteiger partial charge in [0.15, 0.2) is 11.5 Å². The Labute approximate surface area is 197 Å². The van der Waals surface area contributed by atoms with Crippen LogP contribution in [0.1, 0.15) is 25.5 Å². The number of rotatable bonds is 9. The van der Waals surface area contributed by atoms with E-state index in [4.69, 9.17) is 13.9 Å². The van der Waals surface area contributed by atoms with Crippen LogP contribution in [-0.4, -0.2) is 42.1 Å². The minimum Gasteiger partial charge on any atom is -0.503 e. The number of aliphatic hydroxyl groups excluding tert-OH is 1. The van der Waals surface area contributed by atoms with Crippen LogP contribution in [0.3, 0.4) is 0 Å². The zero-order chi connectivity index (χ0) is 24.2. The number of methoxy groups -OCH3 is 1. The topological polar surface area (TPSA) is 102 Å². The van der Waals surface area contributed by atoms with Gasteiger partial charge in [-0.2, -0.15) is 0 Å². The maximum absolute atomic E-state index is 13.3. The molecule has 1 N–H and O–H groups in total. The molecule has 0 spiro atoms. The summed E-state index contributed by atoms with van der Waals surface area (Å²) in [6, 6.07) is 11.6. The maximum atomic E-state index is 13.3. The third-order valence-corrected chi connectivity index (χ3v) is 5.62. The normalized spacial score (nSPS) is 15.9. The molecule has 1 aromatic carbocycles. The fourth-order valence-electron chi connectivity index (χ4n) is 3.93. The fraction of sp³-hybridized carbons (Fsp3) is 0.269. The van der Waals surface area contributed by atoms with Crippen molar-refractivity contribution in [1.29, 1.82) is 0 Å². The molecule has 0 radical (unpaired) electrons. The summed E-state index contributed by atoms with van der Waals surface area (Å²) in [5, 5.41) is 10.8. The molecular formula is C26H26N2O6. The molecule has 0 saturated carbocycles. The van der Waals surface area contributed by atoms with Crippen molar-refractivity contribution in [3.05, 3.63) is 78.1 Å². The summed E-state index contributed by atoms with van der Waals surface area (Å²) < 4.78 is 16.0. The highest BCUT2D eigenvalue weighted by molar-refractivity contribution is 6.17. The Bertz CT molecular complexity index is 1200. The van der Waals surface area contributed by atoms with Crippen molar-refractivity contribution >= 4 is 17.4 Å². The molecule has 1 aliphatic rings. The number of carbonyl (C=O) groups is 2. The summed E-state index contributed by atoms with van der Waals surface area (Å²) in [7, 11) is 1.56. The summed E-state index contributed by atoms with van der Waals surface area (Å²) in [6.07, 6.45) is 4.79. The molecule has 1 atom stereocenters. The van der Waals surface area contributed by atoms with E-state index in [0.29, 0.717) is 17.9 Å². The van der Waals surface area contributed by atoms with E-state index in [0.717, 1.165) is 11.1 Å². The van der Waals surface area contributed by atoms with E-state index in [-0.39, 0.29) is 23.8 Å². The molecule has 176 valence electrons. The van der Waals surface area contributed by atoms with Gasteiger partial charge in [0.05, 0.1) is 24.7 Å². The number of amides is 1. The Hall–Kier alpha value is -3.91. The molecular weight excluding hydrogens is 436 g/mol. The van der Waals surface area contributed by atoms with Gasteiger partial charge in [-0.25, -0.2) is 4.98 Å². The molecule has 3 heterocycles. The summed E-state index contributed by atoms with van der Waals surface area (Å²) in [5.41, 5.74) is 2.85. The van der Waals surface area contributed by atoms with Crippen molar-refractivity contribution < 1.29 is 28.6 Å². The molecule has 8 heteroatoms. The first-order valence-electron chi connectivity index (χ1n) is 10.9. The summed E-state index contributed by atoms with van der Waals surface area (Å²) in [5.74, 6) is -1.70. The standard InChI is InChI=1S/C26H26N2O6/c1-16(2)23(29)21-22(20-5-4-11-27-25(20)34-14-13-32-3)28(26(31)24(21)30)19-8-6-17(7-9-19)18-10-12-33-15-18/h4-12,15-16,22,30H,13-14H2,1-3H3. The largest absolute Gasteiger partial charge is 0.503 e. The molecule has 4 rings (SSSR count). The van der Waals surface area contributed by atoms with E-state index in [1.165, 1.54) is 4.90 Å². The van der Waals surface area contributed by atoms with E-state index < -0.39 is 23.6 Å². The fourth-order valence-corrected chi connectivity index (χ4v) is 3.93.